The number of halogens is 2. The molecule has 5 aromatic rings. The van der Waals surface area contributed by atoms with Crippen molar-refractivity contribution >= 4 is 17.0 Å². The zero-order chi connectivity index (χ0) is 22.5. The summed E-state index contributed by atoms with van der Waals surface area (Å²) in [6.07, 6.45) is 3.72. The van der Waals surface area contributed by atoms with Crippen LogP contribution in [0.2, 0.25) is 0 Å². The first-order valence-corrected chi connectivity index (χ1v) is 10.6. The fourth-order valence-electron chi connectivity index (χ4n) is 4.39. The van der Waals surface area contributed by atoms with Crippen molar-refractivity contribution < 1.29 is 8.78 Å². The predicted octanol–water partition coefficient (Wildman–Crippen LogP) is 4.68. The Hall–Kier alpha value is -4.14. The SMILES string of the molecule is Nc1ncccc1-c1nc2ccc(-n3ccc(C(F)F)n3)nc2n1-c1ccc2c(c1)CCC2. The van der Waals surface area contributed by atoms with Crippen LogP contribution in [0, 0.1) is 0 Å². The molecule has 7 nitrogen and oxygen atoms in total. The monoisotopic (exact) mass is 443 g/mol. The maximum absolute atomic E-state index is 13.0. The molecular weight excluding hydrogens is 424 g/mol. The number of aromatic nitrogens is 6. The molecule has 1 aliphatic rings. The Morgan fingerprint density at radius 1 is 0.970 bits per heavy atom. The van der Waals surface area contributed by atoms with Crippen molar-refractivity contribution in [3.05, 3.63) is 77.7 Å². The molecule has 2 N–H and O–H groups in total. The Kier molecular flexibility index (Phi) is 4.42. The molecule has 0 fully saturated rings. The minimum absolute atomic E-state index is 0.298. The molecule has 0 unspecified atom stereocenters. The molecule has 6 rings (SSSR count). The minimum Gasteiger partial charge on any atom is -0.383 e. The van der Waals surface area contributed by atoms with E-state index in [1.54, 1.807) is 18.3 Å². The van der Waals surface area contributed by atoms with Crippen molar-refractivity contribution in [2.24, 2.45) is 0 Å². The number of aryl methyl sites for hydroxylation is 2. The fraction of sp³-hybridized carbons (Fsp3) is 0.167. The molecule has 1 aliphatic carbocycles. The van der Waals surface area contributed by atoms with E-state index in [1.165, 1.54) is 28.1 Å². The van der Waals surface area contributed by atoms with Crippen molar-refractivity contribution in [2.45, 2.75) is 25.7 Å². The largest absolute Gasteiger partial charge is 0.383 e. The van der Waals surface area contributed by atoms with Crippen LogP contribution in [0.4, 0.5) is 14.6 Å². The molecule has 9 heteroatoms. The summed E-state index contributed by atoms with van der Waals surface area (Å²) in [5.74, 6) is 1.40. The second-order valence-electron chi connectivity index (χ2n) is 8.01. The molecule has 0 spiro atoms. The number of pyridine rings is 2. The lowest BCUT2D eigenvalue weighted by Gasteiger charge is -2.12. The van der Waals surface area contributed by atoms with Gasteiger partial charge in [0.2, 0.25) is 0 Å². The van der Waals surface area contributed by atoms with Crippen LogP contribution >= 0.6 is 0 Å². The Balaban J connectivity index is 1.60. The number of hydrogen-bond acceptors (Lipinski definition) is 5. The molecule has 0 saturated carbocycles. The van der Waals surface area contributed by atoms with Gasteiger partial charge in [0, 0.05) is 18.1 Å². The van der Waals surface area contributed by atoms with E-state index in [-0.39, 0.29) is 5.69 Å². The molecule has 4 heterocycles. The summed E-state index contributed by atoms with van der Waals surface area (Å²) in [5.41, 5.74) is 11.4. The summed E-state index contributed by atoms with van der Waals surface area (Å²) in [5, 5.41) is 3.96. The maximum atomic E-state index is 13.0. The van der Waals surface area contributed by atoms with E-state index >= 15 is 0 Å². The highest BCUT2D eigenvalue weighted by atomic mass is 19.3. The van der Waals surface area contributed by atoms with Gasteiger partial charge in [-0.15, -0.1) is 0 Å². The smallest absolute Gasteiger partial charge is 0.282 e. The van der Waals surface area contributed by atoms with Gasteiger partial charge < -0.3 is 5.73 Å². The number of anilines is 1. The van der Waals surface area contributed by atoms with Gasteiger partial charge in [-0.3, -0.25) is 4.57 Å². The van der Waals surface area contributed by atoms with Gasteiger partial charge in [-0.25, -0.2) is 28.4 Å². The highest BCUT2D eigenvalue weighted by molar-refractivity contribution is 5.83. The van der Waals surface area contributed by atoms with Crippen LogP contribution in [-0.4, -0.2) is 29.3 Å². The van der Waals surface area contributed by atoms with Crippen molar-refractivity contribution in [2.75, 3.05) is 5.73 Å². The normalized spacial score (nSPS) is 13.2. The molecule has 0 saturated heterocycles. The van der Waals surface area contributed by atoms with Crippen molar-refractivity contribution in [1.29, 1.82) is 0 Å². The van der Waals surface area contributed by atoms with Gasteiger partial charge in [-0.05, 0) is 72.9 Å². The lowest BCUT2D eigenvalue weighted by Crippen LogP contribution is -2.04. The zero-order valence-electron chi connectivity index (χ0n) is 17.5. The number of nitrogens with zero attached hydrogens (tertiary/aromatic N) is 6. The molecule has 1 aromatic carbocycles. The molecule has 0 amide bonds. The third kappa shape index (κ3) is 3.24. The Morgan fingerprint density at radius 3 is 2.67 bits per heavy atom. The number of nitrogen functional groups attached to an aromatic ring is 1. The average molecular weight is 443 g/mol. The Bertz CT molecular complexity index is 1500. The van der Waals surface area contributed by atoms with Crippen LogP contribution in [0.5, 0.6) is 0 Å². The van der Waals surface area contributed by atoms with Crippen LogP contribution in [-0.2, 0) is 12.8 Å². The van der Waals surface area contributed by atoms with E-state index in [4.69, 9.17) is 15.7 Å². The standard InChI is InChI=1S/C24H19F2N7/c25-21(26)18-10-12-32(31-18)20-9-8-19-24(30-20)33(16-7-6-14-3-1-4-15(14)13-16)23(29-19)17-5-2-11-28-22(17)27/h2,5-13,21H,1,3-4H2,(H2,27,28). The van der Waals surface area contributed by atoms with Crippen LogP contribution < -0.4 is 5.73 Å². The molecule has 0 atom stereocenters. The van der Waals surface area contributed by atoms with E-state index in [0.717, 1.165) is 24.9 Å². The third-order valence-corrected chi connectivity index (χ3v) is 5.98. The van der Waals surface area contributed by atoms with Crippen LogP contribution in [0.1, 0.15) is 29.7 Å². The van der Waals surface area contributed by atoms with Crippen molar-refractivity contribution in [1.82, 2.24) is 29.3 Å². The number of imidazole rings is 1. The van der Waals surface area contributed by atoms with E-state index in [0.29, 0.717) is 34.2 Å². The summed E-state index contributed by atoms with van der Waals surface area (Å²) >= 11 is 0. The minimum atomic E-state index is -2.65. The van der Waals surface area contributed by atoms with E-state index in [1.807, 2.05) is 16.7 Å². The molecular formula is C24H19F2N7. The Labute approximate surface area is 187 Å². The van der Waals surface area contributed by atoms with Gasteiger partial charge in [0.05, 0.1) is 5.56 Å². The molecule has 0 aliphatic heterocycles. The number of hydrogen-bond donors (Lipinski definition) is 1. The van der Waals surface area contributed by atoms with Crippen molar-refractivity contribution in [3.8, 4) is 22.9 Å². The van der Waals surface area contributed by atoms with Gasteiger partial charge in [0.1, 0.15) is 17.0 Å². The summed E-state index contributed by atoms with van der Waals surface area (Å²) in [7, 11) is 0. The molecule has 164 valence electrons. The van der Waals surface area contributed by atoms with Crippen molar-refractivity contribution in [3.63, 3.8) is 0 Å². The molecule has 4 aromatic heterocycles. The van der Waals surface area contributed by atoms with Crippen LogP contribution in [0.15, 0.2) is 60.9 Å². The lowest BCUT2D eigenvalue weighted by molar-refractivity contribution is 0.145. The van der Waals surface area contributed by atoms with Gasteiger partial charge in [0.25, 0.3) is 6.43 Å². The van der Waals surface area contributed by atoms with Gasteiger partial charge in [0.15, 0.2) is 17.3 Å². The quantitative estimate of drug-likeness (QED) is 0.436. The van der Waals surface area contributed by atoms with E-state index in [9.17, 15) is 8.78 Å². The summed E-state index contributed by atoms with van der Waals surface area (Å²) < 4.78 is 29.4. The Morgan fingerprint density at radius 2 is 1.85 bits per heavy atom. The molecule has 0 bridgehead atoms. The molecule has 0 radical (unpaired) electrons. The topological polar surface area (TPSA) is 87.4 Å². The summed E-state index contributed by atoms with van der Waals surface area (Å²) in [4.78, 5) is 13.8. The van der Waals surface area contributed by atoms with Gasteiger partial charge in [-0.2, -0.15) is 5.10 Å². The number of alkyl halides is 2. The van der Waals surface area contributed by atoms with E-state index < -0.39 is 6.43 Å². The number of benzene rings is 1. The fourth-order valence-corrected chi connectivity index (χ4v) is 4.39. The van der Waals surface area contributed by atoms with E-state index in [2.05, 4.69) is 28.3 Å². The third-order valence-electron chi connectivity index (χ3n) is 5.98. The first kappa shape index (κ1) is 19.5. The number of fused-ring (bicyclic) bond motifs is 2. The zero-order valence-corrected chi connectivity index (χ0v) is 17.5. The maximum Gasteiger partial charge on any atom is 0.282 e. The predicted molar refractivity (Wildman–Crippen MR) is 121 cm³/mol. The second-order valence-corrected chi connectivity index (χ2v) is 8.01. The number of nitrogens with two attached hydrogens (primary N) is 1. The average Bonchev–Trinajstić information content (AvgIpc) is 3.56. The van der Waals surface area contributed by atoms with Crippen LogP contribution in [0.25, 0.3) is 34.1 Å². The first-order chi connectivity index (χ1) is 16.1. The van der Waals surface area contributed by atoms with Crippen LogP contribution in [0.3, 0.4) is 0 Å². The summed E-state index contributed by atoms with van der Waals surface area (Å²) in [6.45, 7) is 0. The number of rotatable bonds is 4. The second kappa shape index (κ2) is 7.47. The highest BCUT2D eigenvalue weighted by Gasteiger charge is 2.21. The lowest BCUT2D eigenvalue weighted by atomic mass is 10.1. The van der Waals surface area contributed by atoms with Gasteiger partial charge in [-0.1, -0.05) is 6.07 Å². The first-order valence-electron chi connectivity index (χ1n) is 10.6. The highest BCUT2D eigenvalue weighted by Crippen LogP contribution is 2.33. The molecule has 33 heavy (non-hydrogen) atoms. The van der Waals surface area contributed by atoms with Gasteiger partial charge >= 0.3 is 0 Å². The summed E-state index contributed by atoms with van der Waals surface area (Å²) in [6, 6.07) is 14.9.